The number of hydrogen-bond acceptors (Lipinski definition) is 0. The summed E-state index contributed by atoms with van der Waals surface area (Å²) in [6.07, 6.45) is 2.28. The summed E-state index contributed by atoms with van der Waals surface area (Å²) in [4.78, 5) is 0. The highest BCUT2D eigenvalue weighted by Crippen LogP contribution is 2.33. The molecule has 2 rings (SSSR count). The summed E-state index contributed by atoms with van der Waals surface area (Å²) in [5.41, 5.74) is 3.75. The van der Waals surface area contributed by atoms with Crippen LogP contribution < -0.4 is 0 Å². The Kier molecular flexibility index (Phi) is 5.05. The predicted molar refractivity (Wildman–Crippen MR) is 99.8 cm³/mol. The van der Waals surface area contributed by atoms with E-state index in [2.05, 4.69) is 100 Å². The Morgan fingerprint density at radius 2 is 1.45 bits per heavy atom. The SMILES string of the molecule is C[Si](C)(C)/C(Br)=C/c1ccccc1-c1ccccc1Br. The second kappa shape index (κ2) is 6.42. The molecular weight excluding hydrogens is 392 g/mol. The summed E-state index contributed by atoms with van der Waals surface area (Å²) in [5, 5.41) is 0. The van der Waals surface area contributed by atoms with Crippen LogP contribution in [-0.4, -0.2) is 8.07 Å². The third-order valence-electron chi connectivity index (χ3n) is 3.12. The highest BCUT2D eigenvalue weighted by atomic mass is 79.9. The maximum Gasteiger partial charge on any atom is 0.0865 e. The second-order valence-corrected chi connectivity index (χ2v) is 13.3. The van der Waals surface area contributed by atoms with Gasteiger partial charge in [0.1, 0.15) is 0 Å². The van der Waals surface area contributed by atoms with Gasteiger partial charge in [0.2, 0.25) is 0 Å². The van der Waals surface area contributed by atoms with E-state index >= 15 is 0 Å². The quantitative estimate of drug-likeness (QED) is 0.493. The molecule has 0 aromatic heterocycles. The molecule has 0 aliphatic carbocycles. The first kappa shape index (κ1) is 15.7. The standard InChI is InChI=1S/C17H18Br2Si/c1-20(2,3)17(19)12-13-8-4-5-9-14(13)15-10-6-7-11-16(15)18/h4-12H,1-3H3/b17-12+. The van der Waals surface area contributed by atoms with Crippen LogP contribution in [0.3, 0.4) is 0 Å². The maximum atomic E-state index is 3.77. The van der Waals surface area contributed by atoms with Crippen LogP contribution in [0.15, 0.2) is 57.1 Å². The van der Waals surface area contributed by atoms with Crippen LogP contribution in [0.25, 0.3) is 17.2 Å². The Morgan fingerprint density at radius 1 is 0.900 bits per heavy atom. The molecule has 0 heterocycles. The Morgan fingerprint density at radius 3 is 2.05 bits per heavy atom. The van der Waals surface area contributed by atoms with E-state index in [4.69, 9.17) is 0 Å². The first-order valence-corrected chi connectivity index (χ1v) is 11.7. The van der Waals surface area contributed by atoms with Gasteiger partial charge in [-0.15, -0.1) is 0 Å². The van der Waals surface area contributed by atoms with Crippen molar-refractivity contribution < 1.29 is 0 Å². The van der Waals surface area contributed by atoms with Crippen LogP contribution >= 0.6 is 31.9 Å². The van der Waals surface area contributed by atoms with Gasteiger partial charge in [-0.2, -0.15) is 0 Å². The van der Waals surface area contributed by atoms with E-state index in [0.29, 0.717) is 0 Å². The summed E-state index contributed by atoms with van der Waals surface area (Å²) in [6.45, 7) is 7.03. The van der Waals surface area contributed by atoms with E-state index in [-0.39, 0.29) is 0 Å². The van der Waals surface area contributed by atoms with Crippen molar-refractivity contribution in [1.29, 1.82) is 0 Å². The molecule has 0 unspecified atom stereocenters. The van der Waals surface area contributed by atoms with Crippen molar-refractivity contribution in [3.05, 3.63) is 62.7 Å². The molecule has 0 aliphatic heterocycles. The molecule has 0 aliphatic rings. The largest absolute Gasteiger partial charge is 0.0865 e. The topological polar surface area (TPSA) is 0 Å². The van der Waals surface area contributed by atoms with Gasteiger partial charge in [0.05, 0.1) is 8.07 Å². The minimum atomic E-state index is -1.31. The molecule has 0 atom stereocenters. The first-order valence-electron chi connectivity index (χ1n) is 6.61. The van der Waals surface area contributed by atoms with Gasteiger partial charge in [-0.05, 0) is 32.9 Å². The second-order valence-electron chi connectivity index (χ2n) is 5.81. The lowest BCUT2D eigenvalue weighted by Crippen LogP contribution is -2.20. The van der Waals surface area contributed by atoms with Crippen molar-refractivity contribution in [3.63, 3.8) is 0 Å². The fraction of sp³-hybridized carbons (Fsp3) is 0.176. The lowest BCUT2D eigenvalue weighted by Gasteiger charge is -2.16. The molecule has 0 N–H and O–H groups in total. The van der Waals surface area contributed by atoms with Gasteiger partial charge in [0.25, 0.3) is 0 Å². The van der Waals surface area contributed by atoms with E-state index in [9.17, 15) is 0 Å². The average molecular weight is 410 g/mol. The maximum absolute atomic E-state index is 3.77. The molecule has 3 heteroatoms. The van der Waals surface area contributed by atoms with E-state index in [1.54, 1.807) is 0 Å². The number of rotatable bonds is 3. The molecule has 0 radical (unpaired) electrons. The molecule has 0 saturated heterocycles. The van der Waals surface area contributed by atoms with Gasteiger partial charge in [-0.25, -0.2) is 0 Å². The van der Waals surface area contributed by atoms with Crippen molar-refractivity contribution in [1.82, 2.24) is 0 Å². The van der Waals surface area contributed by atoms with Crippen molar-refractivity contribution in [3.8, 4) is 11.1 Å². The van der Waals surface area contributed by atoms with Crippen molar-refractivity contribution in [2.45, 2.75) is 19.6 Å². The first-order chi connectivity index (χ1) is 9.39. The van der Waals surface area contributed by atoms with Crippen LogP contribution in [0.1, 0.15) is 5.56 Å². The van der Waals surface area contributed by atoms with Gasteiger partial charge in [0.15, 0.2) is 0 Å². The van der Waals surface area contributed by atoms with Crippen LogP contribution in [0.2, 0.25) is 19.6 Å². The lowest BCUT2D eigenvalue weighted by atomic mass is 10.00. The Bertz CT molecular complexity index is 639. The Labute approximate surface area is 139 Å². The molecule has 0 spiro atoms. The van der Waals surface area contributed by atoms with Crippen LogP contribution in [0.4, 0.5) is 0 Å². The minimum absolute atomic E-state index is 1.13. The molecular formula is C17H18Br2Si. The molecule has 2 aromatic rings. The summed E-state index contributed by atoms with van der Waals surface area (Å²) in [5.74, 6) is 0. The van der Waals surface area contributed by atoms with Crippen LogP contribution in [-0.2, 0) is 0 Å². The summed E-state index contributed by atoms with van der Waals surface area (Å²) >= 11 is 7.42. The molecule has 0 fully saturated rings. The van der Waals surface area contributed by atoms with Gasteiger partial charge < -0.3 is 0 Å². The third-order valence-corrected chi connectivity index (χ3v) is 9.19. The molecule has 0 nitrogen and oxygen atoms in total. The zero-order valence-corrected chi connectivity index (χ0v) is 16.1. The van der Waals surface area contributed by atoms with Crippen LogP contribution in [0.5, 0.6) is 0 Å². The smallest absolute Gasteiger partial charge is 0.0651 e. The number of hydrogen-bond donors (Lipinski definition) is 0. The normalized spacial score (nSPS) is 12.6. The van der Waals surface area contributed by atoms with E-state index < -0.39 is 8.07 Å². The van der Waals surface area contributed by atoms with E-state index in [1.807, 2.05) is 6.07 Å². The molecule has 0 amide bonds. The van der Waals surface area contributed by atoms with Crippen molar-refractivity contribution >= 4 is 46.0 Å². The highest BCUT2D eigenvalue weighted by molar-refractivity contribution is 9.12. The molecule has 2 aromatic carbocycles. The molecule has 0 saturated carbocycles. The Hall–Kier alpha value is -0.643. The average Bonchev–Trinajstić information content (AvgIpc) is 2.39. The predicted octanol–water partition coefficient (Wildman–Crippen LogP) is 6.73. The molecule has 20 heavy (non-hydrogen) atoms. The van der Waals surface area contributed by atoms with Crippen molar-refractivity contribution in [2.75, 3.05) is 0 Å². The zero-order valence-electron chi connectivity index (χ0n) is 12.0. The van der Waals surface area contributed by atoms with E-state index in [0.717, 1.165) is 4.47 Å². The fourth-order valence-electron chi connectivity index (χ4n) is 1.90. The summed E-state index contributed by atoms with van der Waals surface area (Å²) in [6, 6.07) is 16.9. The summed E-state index contributed by atoms with van der Waals surface area (Å²) < 4.78 is 2.47. The van der Waals surface area contributed by atoms with Gasteiger partial charge in [0, 0.05) is 4.47 Å². The van der Waals surface area contributed by atoms with Gasteiger partial charge >= 0.3 is 0 Å². The zero-order chi connectivity index (χ0) is 14.8. The van der Waals surface area contributed by atoms with E-state index in [1.165, 1.54) is 20.8 Å². The van der Waals surface area contributed by atoms with Gasteiger partial charge in [-0.3, -0.25) is 0 Å². The number of benzene rings is 2. The lowest BCUT2D eigenvalue weighted by molar-refractivity contribution is 1.56. The summed E-state index contributed by atoms with van der Waals surface area (Å²) in [7, 11) is -1.31. The third kappa shape index (κ3) is 3.71. The van der Waals surface area contributed by atoms with Crippen LogP contribution in [0, 0.1) is 0 Å². The monoisotopic (exact) mass is 408 g/mol. The van der Waals surface area contributed by atoms with Crippen molar-refractivity contribution in [2.24, 2.45) is 0 Å². The fourth-order valence-corrected chi connectivity index (χ4v) is 3.23. The number of halogens is 2. The highest BCUT2D eigenvalue weighted by Gasteiger charge is 2.17. The molecule has 0 bridgehead atoms. The molecule has 104 valence electrons. The Balaban J connectivity index is 2.56. The minimum Gasteiger partial charge on any atom is -0.0651 e. The van der Waals surface area contributed by atoms with Gasteiger partial charge in [-0.1, -0.05) is 94.0 Å².